The Bertz CT molecular complexity index is 1060. The number of amides is 1. The molecule has 3 rings (SSSR count). The van der Waals surface area contributed by atoms with Crippen molar-refractivity contribution >= 4 is 48.5 Å². The summed E-state index contributed by atoms with van der Waals surface area (Å²) in [4.78, 5) is 12.6. The number of carbonyl (C=O) groups excluding carboxylic acids is 1. The second-order valence-electron chi connectivity index (χ2n) is 6.84. The second kappa shape index (κ2) is 7.41. The summed E-state index contributed by atoms with van der Waals surface area (Å²) in [5, 5.41) is 2.65. The maximum Gasteiger partial charge on any atom is 0.243 e. The first-order chi connectivity index (χ1) is 12.6. The molecule has 0 spiro atoms. The lowest BCUT2D eigenvalue weighted by Gasteiger charge is -2.23. The van der Waals surface area contributed by atoms with Gasteiger partial charge in [-0.2, -0.15) is 13.5 Å². The number of hydrogen-bond donors (Lipinski definition) is 2. The highest BCUT2D eigenvalue weighted by molar-refractivity contribution is 7.91. The summed E-state index contributed by atoms with van der Waals surface area (Å²) < 4.78 is 59.3. The van der Waals surface area contributed by atoms with Crippen LogP contribution in [0.15, 0.2) is 23.1 Å². The van der Waals surface area contributed by atoms with Crippen molar-refractivity contribution in [2.75, 3.05) is 11.5 Å². The lowest BCUT2D eigenvalue weighted by molar-refractivity contribution is -0.124. The fourth-order valence-corrected chi connectivity index (χ4v) is 6.70. The van der Waals surface area contributed by atoms with E-state index in [9.17, 15) is 21.6 Å². The first-order valence-corrected chi connectivity index (χ1v) is 12.4. The van der Waals surface area contributed by atoms with Crippen LogP contribution in [-0.2, 0) is 24.7 Å². The van der Waals surface area contributed by atoms with Crippen molar-refractivity contribution in [3.8, 4) is 0 Å². The number of sulfone groups is 1. The van der Waals surface area contributed by atoms with E-state index in [0.29, 0.717) is 11.9 Å². The van der Waals surface area contributed by atoms with E-state index in [1.165, 1.54) is 6.07 Å². The van der Waals surface area contributed by atoms with Crippen LogP contribution in [0.4, 0.5) is 0 Å². The maximum absolute atomic E-state index is 12.9. The van der Waals surface area contributed by atoms with Gasteiger partial charge in [0.25, 0.3) is 0 Å². The highest BCUT2D eigenvalue weighted by Crippen LogP contribution is 2.22. The van der Waals surface area contributed by atoms with Gasteiger partial charge in [0.2, 0.25) is 15.9 Å². The van der Waals surface area contributed by atoms with Gasteiger partial charge in [-0.15, -0.1) is 0 Å². The molecule has 148 valence electrons. The lowest BCUT2D eigenvalue weighted by atomic mass is 10.0. The lowest BCUT2D eigenvalue weighted by Crippen LogP contribution is -2.52. The molecule has 1 saturated heterocycles. The number of fused-ring (bicyclic) bond motifs is 1. The quantitative estimate of drug-likeness (QED) is 0.670. The largest absolute Gasteiger partial charge is 0.351 e. The molecule has 1 aromatic carbocycles. The average molecular weight is 433 g/mol. The fourth-order valence-electron chi connectivity index (χ4n) is 2.92. The zero-order valence-electron chi connectivity index (χ0n) is 14.7. The zero-order valence-corrected chi connectivity index (χ0v) is 17.2. The van der Waals surface area contributed by atoms with Gasteiger partial charge in [-0.3, -0.25) is 4.79 Å². The zero-order chi connectivity index (χ0) is 19.8. The van der Waals surface area contributed by atoms with E-state index in [4.69, 9.17) is 0 Å². The van der Waals surface area contributed by atoms with Gasteiger partial charge in [0.15, 0.2) is 9.84 Å². The Morgan fingerprint density at radius 2 is 2.04 bits per heavy atom. The van der Waals surface area contributed by atoms with E-state index in [0.717, 1.165) is 11.7 Å². The summed E-state index contributed by atoms with van der Waals surface area (Å²) in [7, 11) is -7.18. The highest BCUT2D eigenvalue weighted by Gasteiger charge is 2.34. The van der Waals surface area contributed by atoms with Gasteiger partial charge in [-0.05, 0) is 24.5 Å². The summed E-state index contributed by atoms with van der Waals surface area (Å²) in [6.45, 7) is 3.42. The van der Waals surface area contributed by atoms with Crippen LogP contribution in [0.2, 0.25) is 0 Å². The Morgan fingerprint density at radius 3 is 2.67 bits per heavy atom. The monoisotopic (exact) mass is 432 g/mol. The van der Waals surface area contributed by atoms with Gasteiger partial charge in [0, 0.05) is 6.04 Å². The second-order valence-corrected chi connectivity index (χ2v) is 11.3. The number of nitrogens with one attached hydrogen (secondary N) is 2. The van der Waals surface area contributed by atoms with Gasteiger partial charge < -0.3 is 5.32 Å². The summed E-state index contributed by atoms with van der Waals surface area (Å²) in [5.74, 6) is -0.987. The van der Waals surface area contributed by atoms with Crippen LogP contribution >= 0.6 is 11.7 Å². The molecule has 0 bridgehead atoms. The Labute approximate surface area is 161 Å². The van der Waals surface area contributed by atoms with Gasteiger partial charge in [0.1, 0.15) is 22.0 Å². The number of carbonyl (C=O) groups is 1. The molecular weight excluding hydrogens is 412 g/mol. The van der Waals surface area contributed by atoms with Gasteiger partial charge >= 0.3 is 0 Å². The first-order valence-electron chi connectivity index (χ1n) is 8.33. The molecule has 2 heterocycles. The molecule has 1 amide bonds. The van der Waals surface area contributed by atoms with E-state index in [1.54, 1.807) is 26.0 Å². The Hall–Kier alpha value is -1.63. The van der Waals surface area contributed by atoms with Crippen LogP contribution in [0, 0.1) is 5.92 Å². The SMILES string of the molecule is CC(C)C(NS(=O)(=O)c1cccc2nsnc12)C(=O)NC1CCS(=O)(=O)C1. The number of rotatable bonds is 6. The van der Waals surface area contributed by atoms with Crippen LogP contribution in [0.5, 0.6) is 0 Å². The van der Waals surface area contributed by atoms with Gasteiger partial charge in [0.05, 0.1) is 23.2 Å². The molecule has 0 aliphatic carbocycles. The highest BCUT2D eigenvalue weighted by atomic mass is 32.2. The fraction of sp³-hybridized carbons (Fsp3) is 0.533. The molecule has 0 radical (unpaired) electrons. The topological polar surface area (TPSA) is 135 Å². The van der Waals surface area contributed by atoms with Crippen LogP contribution in [0.3, 0.4) is 0 Å². The first kappa shape index (κ1) is 20.1. The molecule has 1 fully saturated rings. The molecule has 1 aliphatic heterocycles. The number of nitrogens with zero attached hydrogens (tertiary/aromatic N) is 2. The van der Waals surface area contributed by atoms with E-state index < -0.39 is 37.9 Å². The Kier molecular flexibility index (Phi) is 5.52. The molecule has 1 aromatic heterocycles. The van der Waals surface area contributed by atoms with Crippen molar-refractivity contribution in [2.24, 2.45) is 5.92 Å². The molecule has 2 unspecified atom stereocenters. The average Bonchev–Trinajstić information content (AvgIpc) is 3.17. The Balaban J connectivity index is 1.81. The predicted octanol–water partition coefficient (Wildman–Crippen LogP) is 0.298. The van der Waals surface area contributed by atoms with Crippen molar-refractivity contribution in [1.82, 2.24) is 18.8 Å². The van der Waals surface area contributed by atoms with E-state index in [-0.39, 0.29) is 27.8 Å². The van der Waals surface area contributed by atoms with Crippen LogP contribution in [0.25, 0.3) is 11.0 Å². The predicted molar refractivity (Wildman–Crippen MR) is 102 cm³/mol. The van der Waals surface area contributed by atoms with E-state index in [2.05, 4.69) is 18.8 Å². The molecule has 9 nitrogen and oxygen atoms in total. The summed E-state index contributed by atoms with van der Waals surface area (Å²) in [6, 6.07) is 3.08. The molecule has 2 aromatic rings. The smallest absolute Gasteiger partial charge is 0.243 e. The molecule has 0 saturated carbocycles. The van der Waals surface area contributed by atoms with Gasteiger partial charge in [-0.25, -0.2) is 16.8 Å². The minimum absolute atomic E-state index is 0.0227. The van der Waals surface area contributed by atoms with Crippen LogP contribution < -0.4 is 10.0 Å². The molecule has 27 heavy (non-hydrogen) atoms. The number of aromatic nitrogens is 2. The van der Waals surface area contributed by atoms with E-state index in [1.807, 2.05) is 0 Å². The van der Waals surface area contributed by atoms with Gasteiger partial charge in [-0.1, -0.05) is 19.9 Å². The number of sulfonamides is 1. The normalized spacial score (nSPS) is 20.8. The Morgan fingerprint density at radius 1 is 1.30 bits per heavy atom. The summed E-state index contributed by atoms with van der Waals surface area (Å²) >= 11 is 0.907. The van der Waals surface area contributed by atoms with E-state index >= 15 is 0 Å². The third kappa shape index (κ3) is 4.45. The molecule has 1 aliphatic rings. The third-order valence-electron chi connectivity index (χ3n) is 4.35. The standard InChI is InChI=1S/C15H20N4O5S3/c1-9(2)13(15(20)16-10-6-7-26(21,22)8-10)19-27(23,24)12-5-3-4-11-14(12)18-25-17-11/h3-5,9-10,13,19H,6-8H2,1-2H3,(H,16,20). The molecule has 12 heteroatoms. The maximum atomic E-state index is 12.9. The van der Waals surface area contributed by atoms with Crippen molar-refractivity contribution in [2.45, 2.75) is 37.2 Å². The van der Waals surface area contributed by atoms with Crippen LogP contribution in [0.1, 0.15) is 20.3 Å². The van der Waals surface area contributed by atoms with Crippen molar-refractivity contribution < 1.29 is 21.6 Å². The minimum atomic E-state index is -4.03. The third-order valence-corrected chi connectivity index (χ3v) is 8.13. The number of benzene rings is 1. The van der Waals surface area contributed by atoms with Crippen molar-refractivity contribution in [3.63, 3.8) is 0 Å². The summed E-state index contributed by atoms with van der Waals surface area (Å²) in [5.41, 5.74) is 0.712. The summed E-state index contributed by atoms with van der Waals surface area (Å²) in [6.07, 6.45) is 0.329. The van der Waals surface area contributed by atoms with Crippen LogP contribution in [-0.4, -0.2) is 55.1 Å². The molecule has 2 N–H and O–H groups in total. The van der Waals surface area contributed by atoms with Crippen molar-refractivity contribution in [1.29, 1.82) is 0 Å². The minimum Gasteiger partial charge on any atom is -0.351 e. The molecule has 2 atom stereocenters. The van der Waals surface area contributed by atoms with Crippen molar-refractivity contribution in [3.05, 3.63) is 18.2 Å². The number of hydrogen-bond acceptors (Lipinski definition) is 8. The molecular formula is C15H20N4O5S3.